The predicted octanol–water partition coefficient (Wildman–Crippen LogP) is 0.699. The van der Waals surface area contributed by atoms with Gasteiger partial charge in [-0.25, -0.2) is 0 Å². The van der Waals surface area contributed by atoms with Gasteiger partial charge in [0, 0.05) is 12.4 Å². The van der Waals surface area contributed by atoms with E-state index >= 15 is 0 Å². The summed E-state index contributed by atoms with van der Waals surface area (Å²) in [6.45, 7) is 4.39. The number of fused-ring (bicyclic) bond motifs is 3. The van der Waals surface area contributed by atoms with Crippen molar-refractivity contribution in [3.05, 3.63) is 18.5 Å². The minimum absolute atomic E-state index is 0.0454. The SMILES string of the molecule is CC1(C)O[C@@H]2O[C@@H]3[C@H](OC[C@H]3n3cccn3)[C@H]2O1. The number of aromatic nitrogens is 2. The largest absolute Gasteiger partial charge is 0.370 e. The summed E-state index contributed by atoms with van der Waals surface area (Å²) in [6.07, 6.45) is 3.12. The molecule has 0 aromatic carbocycles. The maximum Gasteiger partial charge on any atom is 0.190 e. The van der Waals surface area contributed by atoms with Gasteiger partial charge in [0.15, 0.2) is 12.1 Å². The highest BCUT2D eigenvalue weighted by molar-refractivity contribution is 5.02. The third-order valence-electron chi connectivity index (χ3n) is 3.73. The van der Waals surface area contributed by atoms with Crippen LogP contribution in [-0.4, -0.2) is 46.8 Å². The quantitative estimate of drug-likeness (QED) is 0.736. The van der Waals surface area contributed by atoms with Gasteiger partial charge in [-0.15, -0.1) is 0 Å². The first-order valence-electron chi connectivity index (χ1n) is 6.26. The van der Waals surface area contributed by atoms with Crippen LogP contribution in [0.1, 0.15) is 19.9 Å². The zero-order valence-electron chi connectivity index (χ0n) is 10.4. The van der Waals surface area contributed by atoms with E-state index in [9.17, 15) is 0 Å². The van der Waals surface area contributed by atoms with Gasteiger partial charge in [0.05, 0.1) is 6.61 Å². The number of hydrogen-bond acceptors (Lipinski definition) is 5. The van der Waals surface area contributed by atoms with Crippen LogP contribution in [0.25, 0.3) is 0 Å². The topological polar surface area (TPSA) is 54.7 Å². The van der Waals surface area contributed by atoms with Crippen LogP contribution < -0.4 is 0 Å². The first kappa shape index (κ1) is 10.9. The van der Waals surface area contributed by atoms with E-state index in [0.717, 1.165) is 0 Å². The highest BCUT2D eigenvalue weighted by atomic mass is 16.8. The first-order valence-corrected chi connectivity index (χ1v) is 6.26. The number of ether oxygens (including phenoxy) is 4. The highest BCUT2D eigenvalue weighted by Crippen LogP contribution is 2.44. The van der Waals surface area contributed by atoms with Crippen molar-refractivity contribution in [2.24, 2.45) is 0 Å². The Morgan fingerprint density at radius 2 is 2.11 bits per heavy atom. The third kappa shape index (κ3) is 1.46. The molecule has 3 fully saturated rings. The van der Waals surface area contributed by atoms with Crippen molar-refractivity contribution in [3.63, 3.8) is 0 Å². The monoisotopic (exact) mass is 252 g/mol. The van der Waals surface area contributed by atoms with E-state index in [1.165, 1.54) is 0 Å². The number of rotatable bonds is 1. The standard InChI is InChI=1S/C12H16N2O4/c1-12(2)17-10-9-8(16-11(10)18-12)7(6-15-9)14-5-3-4-13-14/h3-5,7-11H,6H2,1-2H3/t7-,8+,9+,10-,11+/m1/s1. The Labute approximate surface area is 105 Å². The molecule has 98 valence electrons. The van der Waals surface area contributed by atoms with E-state index in [2.05, 4.69) is 5.10 Å². The van der Waals surface area contributed by atoms with Gasteiger partial charge in [0.2, 0.25) is 0 Å². The van der Waals surface area contributed by atoms with E-state index < -0.39 is 5.79 Å². The first-order chi connectivity index (χ1) is 8.64. The maximum atomic E-state index is 5.95. The average Bonchev–Trinajstić information content (AvgIpc) is 2.97. The molecule has 3 aliphatic heterocycles. The molecule has 1 aromatic rings. The number of hydrogen-bond donors (Lipinski definition) is 0. The second kappa shape index (κ2) is 3.54. The molecule has 3 aliphatic rings. The average molecular weight is 252 g/mol. The zero-order chi connectivity index (χ0) is 12.3. The van der Waals surface area contributed by atoms with Crippen molar-refractivity contribution >= 4 is 0 Å². The Hall–Kier alpha value is -0.950. The third-order valence-corrected chi connectivity index (χ3v) is 3.73. The van der Waals surface area contributed by atoms with Crippen LogP contribution in [0.3, 0.4) is 0 Å². The second-order valence-electron chi connectivity index (χ2n) is 5.42. The molecule has 0 bridgehead atoms. The molecule has 5 atom stereocenters. The Morgan fingerprint density at radius 1 is 1.22 bits per heavy atom. The molecule has 1 aromatic heterocycles. The zero-order valence-corrected chi connectivity index (χ0v) is 10.4. The summed E-state index contributed by atoms with van der Waals surface area (Å²) in [5, 5.41) is 4.26. The Morgan fingerprint density at radius 3 is 2.89 bits per heavy atom. The molecule has 0 spiro atoms. The molecular formula is C12H16N2O4. The lowest BCUT2D eigenvalue weighted by Gasteiger charge is -2.22. The van der Waals surface area contributed by atoms with Crippen molar-refractivity contribution in [2.45, 2.75) is 50.3 Å². The van der Waals surface area contributed by atoms with Gasteiger partial charge in [0.1, 0.15) is 24.4 Å². The van der Waals surface area contributed by atoms with E-state index in [4.69, 9.17) is 18.9 Å². The lowest BCUT2D eigenvalue weighted by atomic mass is 10.1. The minimum Gasteiger partial charge on any atom is -0.370 e. The summed E-state index contributed by atoms with van der Waals surface area (Å²) in [5.74, 6) is -0.590. The van der Waals surface area contributed by atoms with Gasteiger partial charge in [-0.2, -0.15) is 5.10 Å². The van der Waals surface area contributed by atoms with Crippen LogP contribution in [0.2, 0.25) is 0 Å². The van der Waals surface area contributed by atoms with E-state index in [1.54, 1.807) is 6.20 Å². The van der Waals surface area contributed by atoms with Crippen LogP contribution in [-0.2, 0) is 18.9 Å². The highest BCUT2D eigenvalue weighted by Gasteiger charge is 2.60. The predicted molar refractivity (Wildman–Crippen MR) is 59.7 cm³/mol. The van der Waals surface area contributed by atoms with Gasteiger partial charge < -0.3 is 18.9 Å². The summed E-state index contributed by atoms with van der Waals surface area (Å²) >= 11 is 0. The summed E-state index contributed by atoms with van der Waals surface area (Å²) in [5.41, 5.74) is 0. The Balaban J connectivity index is 1.57. The molecule has 4 rings (SSSR count). The summed E-state index contributed by atoms with van der Waals surface area (Å²) < 4.78 is 25.2. The molecule has 18 heavy (non-hydrogen) atoms. The minimum atomic E-state index is -0.590. The van der Waals surface area contributed by atoms with Crippen LogP contribution in [0.5, 0.6) is 0 Å². The van der Waals surface area contributed by atoms with Gasteiger partial charge >= 0.3 is 0 Å². The number of nitrogens with zero attached hydrogens (tertiary/aromatic N) is 2. The van der Waals surface area contributed by atoms with Crippen LogP contribution in [0.15, 0.2) is 18.5 Å². The fourth-order valence-corrected chi connectivity index (χ4v) is 3.01. The molecule has 6 heteroatoms. The smallest absolute Gasteiger partial charge is 0.190 e. The van der Waals surface area contributed by atoms with Gasteiger partial charge in [-0.1, -0.05) is 0 Å². The molecular weight excluding hydrogens is 236 g/mol. The van der Waals surface area contributed by atoms with Crippen LogP contribution in [0.4, 0.5) is 0 Å². The molecule has 0 saturated carbocycles. The van der Waals surface area contributed by atoms with Crippen molar-refractivity contribution in [1.82, 2.24) is 9.78 Å². The van der Waals surface area contributed by atoms with Crippen molar-refractivity contribution in [2.75, 3.05) is 6.61 Å². The van der Waals surface area contributed by atoms with Crippen LogP contribution >= 0.6 is 0 Å². The molecule has 0 amide bonds. The maximum absolute atomic E-state index is 5.95. The summed E-state index contributed by atoms with van der Waals surface area (Å²) in [6, 6.07) is 2.00. The molecule has 3 saturated heterocycles. The molecule has 6 nitrogen and oxygen atoms in total. The summed E-state index contributed by atoms with van der Waals surface area (Å²) in [7, 11) is 0. The fraction of sp³-hybridized carbons (Fsp3) is 0.750. The van der Waals surface area contributed by atoms with Gasteiger partial charge in [0.25, 0.3) is 0 Å². The lowest BCUT2D eigenvalue weighted by molar-refractivity contribution is -0.211. The molecule has 0 unspecified atom stereocenters. The van der Waals surface area contributed by atoms with Gasteiger partial charge in [-0.05, 0) is 19.9 Å². The van der Waals surface area contributed by atoms with Crippen LogP contribution in [0, 0.1) is 0 Å². The van der Waals surface area contributed by atoms with E-state index in [-0.39, 0.29) is 30.6 Å². The van der Waals surface area contributed by atoms with Crippen molar-refractivity contribution in [1.29, 1.82) is 0 Å². The lowest BCUT2D eigenvalue weighted by Crippen LogP contribution is -2.34. The second-order valence-corrected chi connectivity index (χ2v) is 5.42. The Bertz CT molecular complexity index is 447. The summed E-state index contributed by atoms with van der Waals surface area (Å²) in [4.78, 5) is 0. The molecule has 0 N–H and O–H groups in total. The van der Waals surface area contributed by atoms with Crippen molar-refractivity contribution < 1.29 is 18.9 Å². The normalized spacial score (nSPS) is 45.1. The molecule has 0 aliphatic carbocycles. The van der Waals surface area contributed by atoms with Crippen molar-refractivity contribution in [3.8, 4) is 0 Å². The van der Waals surface area contributed by atoms with E-state index in [0.29, 0.717) is 6.61 Å². The van der Waals surface area contributed by atoms with Gasteiger partial charge in [-0.3, -0.25) is 4.68 Å². The molecule has 0 radical (unpaired) electrons. The molecule has 4 heterocycles. The fourth-order valence-electron chi connectivity index (χ4n) is 3.01. The van der Waals surface area contributed by atoms with E-state index in [1.807, 2.05) is 30.8 Å². The Kier molecular flexibility index (Phi) is 2.15.